The van der Waals surface area contributed by atoms with Gasteiger partial charge in [-0.05, 0) is 62.3 Å². The minimum atomic E-state index is -0.724. The van der Waals surface area contributed by atoms with Gasteiger partial charge in [0, 0.05) is 41.9 Å². The van der Waals surface area contributed by atoms with E-state index in [0.717, 1.165) is 32.2 Å². The van der Waals surface area contributed by atoms with E-state index in [0.29, 0.717) is 30.6 Å². The second-order valence-corrected chi connectivity index (χ2v) is 10.7. The molecule has 10 heteroatoms. The number of piperidine rings is 1. The van der Waals surface area contributed by atoms with E-state index in [2.05, 4.69) is 24.5 Å². The molecule has 2 atom stereocenters. The van der Waals surface area contributed by atoms with Crippen molar-refractivity contribution >= 4 is 30.1 Å². The van der Waals surface area contributed by atoms with Crippen LogP contribution >= 0.6 is 12.4 Å². The van der Waals surface area contributed by atoms with Gasteiger partial charge in [0.15, 0.2) is 5.78 Å². The summed E-state index contributed by atoms with van der Waals surface area (Å²) in [4.78, 5) is 39.0. The maximum atomic E-state index is 15.7. The summed E-state index contributed by atoms with van der Waals surface area (Å²) < 4.78 is 15.7. The fraction of sp³-hybridized carbons (Fsp3) is 0.464. The van der Waals surface area contributed by atoms with Crippen LogP contribution in [0.5, 0.6) is 5.75 Å². The Balaban J connectivity index is 0.00000400. The Labute approximate surface area is 228 Å². The monoisotopic (exact) mass is 546 g/mol. The standard InChI is InChI=1S/C28H35FN4O4.ClH/c1-28(2)13-4-14-31-25(28)20-10-11-21(34)22(23(20)29)24(35)17-6-8-18(9-7-17)26(36)32-19-5-3-15-33(16-12-19)27(30)37;/h6-11,19,25,31,34H,3-5,12-16H2,1-2H3,(H2,30,37)(H,32,36);1H/t19-,25?;/m0./s1. The van der Waals surface area contributed by atoms with Gasteiger partial charge in [0.05, 0.1) is 0 Å². The smallest absolute Gasteiger partial charge is 0.314 e. The average molecular weight is 547 g/mol. The van der Waals surface area contributed by atoms with Crippen molar-refractivity contribution in [3.05, 3.63) is 64.5 Å². The fourth-order valence-electron chi connectivity index (χ4n) is 5.41. The topological polar surface area (TPSA) is 125 Å². The molecule has 8 nitrogen and oxygen atoms in total. The molecule has 2 heterocycles. The first-order valence-corrected chi connectivity index (χ1v) is 12.8. The van der Waals surface area contributed by atoms with Crippen LogP contribution in [0.2, 0.25) is 0 Å². The van der Waals surface area contributed by atoms with Gasteiger partial charge in [-0.15, -0.1) is 12.4 Å². The number of rotatable bonds is 5. The molecule has 5 N–H and O–H groups in total. The lowest BCUT2D eigenvalue weighted by molar-refractivity contribution is 0.0932. The van der Waals surface area contributed by atoms with Crippen LogP contribution in [0.25, 0.3) is 0 Å². The van der Waals surface area contributed by atoms with Crippen molar-refractivity contribution in [2.75, 3.05) is 19.6 Å². The Kier molecular flexibility index (Phi) is 9.38. The lowest BCUT2D eigenvalue weighted by Crippen LogP contribution is -2.40. The van der Waals surface area contributed by atoms with Crippen molar-refractivity contribution in [1.82, 2.24) is 15.5 Å². The number of nitrogens with two attached hydrogens (primary N) is 1. The lowest BCUT2D eigenvalue weighted by Gasteiger charge is -2.40. The highest BCUT2D eigenvalue weighted by atomic mass is 35.5. The number of primary amides is 1. The molecular formula is C28H36ClFN4O4. The Morgan fingerprint density at radius 3 is 2.39 bits per heavy atom. The third-order valence-electron chi connectivity index (χ3n) is 7.60. The summed E-state index contributed by atoms with van der Waals surface area (Å²) in [7, 11) is 0. The molecule has 0 aliphatic carbocycles. The number of likely N-dealkylation sites (tertiary alicyclic amines) is 1. The number of nitrogens with one attached hydrogen (secondary N) is 2. The second-order valence-electron chi connectivity index (χ2n) is 10.7. The van der Waals surface area contributed by atoms with Crippen molar-refractivity contribution < 1.29 is 23.9 Å². The number of halogens is 2. The van der Waals surface area contributed by atoms with Gasteiger partial charge in [-0.2, -0.15) is 0 Å². The predicted molar refractivity (Wildman–Crippen MR) is 145 cm³/mol. The zero-order chi connectivity index (χ0) is 26.7. The van der Waals surface area contributed by atoms with E-state index >= 15 is 4.39 Å². The van der Waals surface area contributed by atoms with E-state index in [4.69, 9.17) is 5.73 Å². The maximum Gasteiger partial charge on any atom is 0.314 e. The highest BCUT2D eigenvalue weighted by Gasteiger charge is 2.36. The van der Waals surface area contributed by atoms with Crippen molar-refractivity contribution in [3.63, 3.8) is 0 Å². The summed E-state index contributed by atoms with van der Waals surface area (Å²) in [5, 5.41) is 16.7. The summed E-state index contributed by atoms with van der Waals surface area (Å²) >= 11 is 0. The number of phenols is 1. The normalized spacial score (nSPS) is 21.1. The molecule has 1 unspecified atom stereocenters. The van der Waals surface area contributed by atoms with Gasteiger partial charge < -0.3 is 26.4 Å². The molecule has 3 amide bonds. The molecule has 2 aliphatic heterocycles. The first kappa shape index (κ1) is 29.4. The molecule has 0 bridgehead atoms. The molecule has 0 spiro atoms. The Hall–Kier alpha value is -3.17. The molecule has 2 aromatic rings. The molecule has 206 valence electrons. The third-order valence-corrected chi connectivity index (χ3v) is 7.60. The second kappa shape index (κ2) is 12.1. The van der Waals surface area contributed by atoms with Crippen LogP contribution in [0.4, 0.5) is 9.18 Å². The van der Waals surface area contributed by atoms with Crippen LogP contribution in [0.15, 0.2) is 36.4 Å². The maximum absolute atomic E-state index is 15.7. The van der Waals surface area contributed by atoms with Crippen LogP contribution in [-0.2, 0) is 0 Å². The largest absolute Gasteiger partial charge is 0.507 e. The zero-order valence-corrected chi connectivity index (χ0v) is 22.6. The molecule has 0 aromatic heterocycles. The summed E-state index contributed by atoms with van der Waals surface area (Å²) in [5.41, 5.74) is 5.68. The van der Waals surface area contributed by atoms with E-state index in [1.54, 1.807) is 4.90 Å². The molecule has 2 aliphatic rings. The van der Waals surface area contributed by atoms with Crippen LogP contribution in [0.1, 0.15) is 83.8 Å². The van der Waals surface area contributed by atoms with Gasteiger partial charge in [-0.25, -0.2) is 9.18 Å². The molecule has 0 radical (unpaired) electrons. The summed E-state index contributed by atoms with van der Waals surface area (Å²) in [6, 6.07) is 8.03. The summed E-state index contributed by atoms with van der Waals surface area (Å²) in [5.74, 6) is -2.08. The van der Waals surface area contributed by atoms with Gasteiger partial charge in [-0.3, -0.25) is 9.59 Å². The van der Waals surface area contributed by atoms with E-state index in [9.17, 15) is 19.5 Å². The number of ketones is 1. The molecule has 2 aromatic carbocycles. The summed E-state index contributed by atoms with van der Waals surface area (Å²) in [6.07, 6.45) is 3.98. The SMILES string of the molecule is CC1(C)CCCNC1c1ccc(O)c(C(=O)c2ccc(C(=O)N[C@H]3CCCN(C(N)=O)CC3)cc2)c1F.Cl. The Morgan fingerprint density at radius 2 is 1.74 bits per heavy atom. The molecule has 4 rings (SSSR count). The zero-order valence-electron chi connectivity index (χ0n) is 21.8. The van der Waals surface area contributed by atoms with Crippen LogP contribution < -0.4 is 16.4 Å². The minimum absolute atomic E-state index is 0. The quantitative estimate of drug-likeness (QED) is 0.416. The number of aromatic hydroxyl groups is 1. The van der Waals surface area contributed by atoms with Crippen LogP contribution in [0, 0.1) is 11.2 Å². The van der Waals surface area contributed by atoms with Crippen LogP contribution in [-0.4, -0.2) is 53.4 Å². The number of amides is 3. The van der Waals surface area contributed by atoms with E-state index < -0.39 is 23.4 Å². The Morgan fingerprint density at radius 1 is 1.05 bits per heavy atom. The molecule has 2 saturated heterocycles. The van der Waals surface area contributed by atoms with Crippen molar-refractivity contribution in [2.45, 2.75) is 58.0 Å². The van der Waals surface area contributed by atoms with Crippen LogP contribution in [0.3, 0.4) is 0 Å². The van der Waals surface area contributed by atoms with Gasteiger partial charge in [0.2, 0.25) is 0 Å². The fourth-order valence-corrected chi connectivity index (χ4v) is 5.41. The number of phenolic OH excluding ortho intramolecular Hbond substituents is 1. The molecular weight excluding hydrogens is 511 g/mol. The third kappa shape index (κ3) is 6.27. The van der Waals surface area contributed by atoms with Gasteiger partial charge >= 0.3 is 6.03 Å². The molecule has 2 fully saturated rings. The predicted octanol–water partition coefficient (Wildman–Crippen LogP) is 4.30. The van der Waals surface area contributed by atoms with E-state index in [1.165, 1.54) is 36.4 Å². The molecule has 38 heavy (non-hydrogen) atoms. The van der Waals surface area contributed by atoms with Crippen molar-refractivity contribution in [2.24, 2.45) is 11.1 Å². The highest BCUT2D eigenvalue weighted by Crippen LogP contribution is 2.42. The van der Waals surface area contributed by atoms with Gasteiger partial charge in [-0.1, -0.05) is 32.0 Å². The first-order chi connectivity index (χ1) is 17.6. The van der Waals surface area contributed by atoms with Crippen molar-refractivity contribution in [3.8, 4) is 5.75 Å². The Bertz CT molecular complexity index is 1190. The first-order valence-electron chi connectivity index (χ1n) is 12.8. The van der Waals surface area contributed by atoms with Gasteiger partial charge in [0.1, 0.15) is 17.1 Å². The lowest BCUT2D eigenvalue weighted by atomic mass is 9.74. The number of carbonyl (C=O) groups is 3. The van der Waals surface area contributed by atoms with E-state index in [-0.39, 0.29) is 46.9 Å². The number of urea groups is 1. The average Bonchev–Trinajstić information content (AvgIpc) is 3.10. The number of carbonyl (C=O) groups excluding carboxylic acids is 3. The minimum Gasteiger partial charge on any atom is -0.507 e. The van der Waals surface area contributed by atoms with Crippen molar-refractivity contribution in [1.29, 1.82) is 0 Å². The number of nitrogens with zero attached hydrogens (tertiary/aromatic N) is 1. The number of benzene rings is 2. The molecule has 0 saturated carbocycles. The summed E-state index contributed by atoms with van der Waals surface area (Å²) in [6.45, 7) is 5.92. The highest BCUT2D eigenvalue weighted by molar-refractivity contribution is 6.11. The number of hydrogen-bond acceptors (Lipinski definition) is 5. The van der Waals surface area contributed by atoms with Gasteiger partial charge in [0.25, 0.3) is 5.91 Å². The van der Waals surface area contributed by atoms with E-state index in [1.807, 2.05) is 0 Å². The number of hydrogen-bond donors (Lipinski definition) is 4.